The zero-order valence-corrected chi connectivity index (χ0v) is 16.3. The fourth-order valence-electron chi connectivity index (χ4n) is 2.66. The normalized spacial score (nSPS) is 11.5. The molecule has 4 aromatic rings. The third kappa shape index (κ3) is 4.33. The Balaban J connectivity index is 1.60. The lowest BCUT2D eigenvalue weighted by atomic mass is 10.1. The predicted octanol–water partition coefficient (Wildman–Crippen LogP) is 4.47. The smallest absolute Gasteiger partial charge is 0.262 e. The molecule has 0 radical (unpaired) electrons. The van der Waals surface area contributed by atoms with Crippen LogP contribution in [0.25, 0.3) is 10.7 Å². The Morgan fingerprint density at radius 2 is 1.79 bits per heavy atom. The van der Waals surface area contributed by atoms with Crippen molar-refractivity contribution in [3.05, 3.63) is 83.1 Å². The van der Waals surface area contributed by atoms with Crippen LogP contribution in [0, 0.1) is 11.6 Å². The van der Waals surface area contributed by atoms with Crippen LogP contribution >= 0.6 is 11.3 Å². The van der Waals surface area contributed by atoms with Gasteiger partial charge in [-0.15, -0.1) is 11.3 Å². The minimum atomic E-state index is -4.20. The van der Waals surface area contributed by atoms with E-state index in [2.05, 4.69) is 14.9 Å². The molecule has 0 amide bonds. The summed E-state index contributed by atoms with van der Waals surface area (Å²) in [5.41, 5.74) is 0.808. The van der Waals surface area contributed by atoms with Crippen molar-refractivity contribution in [2.75, 3.05) is 4.72 Å². The number of thiophene rings is 1. The van der Waals surface area contributed by atoms with Crippen molar-refractivity contribution in [1.82, 2.24) is 10.1 Å². The second-order valence-electron chi connectivity index (χ2n) is 6.03. The second kappa shape index (κ2) is 7.72. The van der Waals surface area contributed by atoms with Crippen LogP contribution in [0.3, 0.4) is 0 Å². The first-order valence-electron chi connectivity index (χ1n) is 8.34. The second-order valence-corrected chi connectivity index (χ2v) is 8.66. The van der Waals surface area contributed by atoms with Crippen LogP contribution in [-0.4, -0.2) is 18.6 Å². The van der Waals surface area contributed by atoms with Crippen molar-refractivity contribution >= 4 is 27.0 Å². The number of hydrogen-bond donors (Lipinski definition) is 1. The van der Waals surface area contributed by atoms with Crippen LogP contribution in [0.15, 0.2) is 69.4 Å². The number of hydrogen-bond acceptors (Lipinski definition) is 6. The average molecular weight is 433 g/mol. The predicted molar refractivity (Wildman–Crippen MR) is 104 cm³/mol. The van der Waals surface area contributed by atoms with E-state index >= 15 is 0 Å². The van der Waals surface area contributed by atoms with Crippen molar-refractivity contribution in [2.24, 2.45) is 0 Å². The van der Waals surface area contributed by atoms with Crippen LogP contribution in [0.1, 0.15) is 11.5 Å². The lowest BCUT2D eigenvalue weighted by molar-refractivity contribution is 0.386. The van der Waals surface area contributed by atoms with Gasteiger partial charge in [-0.3, -0.25) is 4.72 Å². The number of para-hydroxylation sites is 1. The van der Waals surface area contributed by atoms with Gasteiger partial charge in [-0.1, -0.05) is 29.4 Å². The van der Waals surface area contributed by atoms with Gasteiger partial charge in [0.2, 0.25) is 11.7 Å². The molecule has 0 aliphatic carbocycles. The van der Waals surface area contributed by atoms with Crippen molar-refractivity contribution < 1.29 is 21.7 Å². The molecular weight excluding hydrogens is 420 g/mol. The molecule has 2 aromatic heterocycles. The van der Waals surface area contributed by atoms with Crippen molar-refractivity contribution in [3.63, 3.8) is 0 Å². The summed E-state index contributed by atoms with van der Waals surface area (Å²) >= 11 is 1.47. The van der Waals surface area contributed by atoms with Gasteiger partial charge in [-0.25, -0.2) is 17.2 Å². The monoisotopic (exact) mass is 433 g/mol. The summed E-state index contributed by atoms with van der Waals surface area (Å²) in [4.78, 5) is 4.66. The van der Waals surface area contributed by atoms with E-state index in [1.54, 1.807) is 24.3 Å². The molecule has 0 saturated carbocycles. The number of aromatic nitrogens is 2. The molecule has 148 valence electrons. The maximum Gasteiger partial charge on any atom is 0.262 e. The van der Waals surface area contributed by atoms with Gasteiger partial charge in [0.05, 0.1) is 21.9 Å². The fourth-order valence-corrected chi connectivity index (χ4v) is 4.45. The molecule has 0 saturated heterocycles. The highest BCUT2D eigenvalue weighted by molar-refractivity contribution is 7.92. The largest absolute Gasteiger partial charge is 0.339 e. The Morgan fingerprint density at radius 3 is 2.52 bits per heavy atom. The first-order valence-corrected chi connectivity index (χ1v) is 10.7. The van der Waals surface area contributed by atoms with E-state index in [9.17, 15) is 17.2 Å². The van der Waals surface area contributed by atoms with Gasteiger partial charge in [0.1, 0.15) is 11.6 Å². The molecule has 0 aliphatic heterocycles. The van der Waals surface area contributed by atoms with Crippen LogP contribution in [0.2, 0.25) is 0 Å². The molecule has 29 heavy (non-hydrogen) atoms. The third-order valence-electron chi connectivity index (χ3n) is 3.96. The molecule has 2 aromatic carbocycles. The summed E-state index contributed by atoms with van der Waals surface area (Å²) < 4.78 is 59.6. The topological polar surface area (TPSA) is 85.1 Å². The summed E-state index contributed by atoms with van der Waals surface area (Å²) in [6, 6.07) is 12.4. The van der Waals surface area contributed by atoms with Gasteiger partial charge in [0, 0.05) is 6.07 Å². The molecule has 0 fully saturated rings. The van der Waals surface area contributed by atoms with Gasteiger partial charge < -0.3 is 4.52 Å². The van der Waals surface area contributed by atoms with Crippen molar-refractivity contribution in [2.45, 2.75) is 11.3 Å². The number of benzene rings is 2. The van der Waals surface area contributed by atoms with Gasteiger partial charge in [0.25, 0.3) is 10.0 Å². The molecular formula is C19H13F2N3O3S2. The number of sulfonamides is 1. The van der Waals surface area contributed by atoms with E-state index in [0.29, 0.717) is 23.3 Å². The highest BCUT2D eigenvalue weighted by atomic mass is 32.2. The van der Waals surface area contributed by atoms with Gasteiger partial charge in [-0.05, 0) is 35.2 Å². The quantitative estimate of drug-likeness (QED) is 0.485. The molecule has 0 unspecified atom stereocenters. The van der Waals surface area contributed by atoms with Gasteiger partial charge in [-0.2, -0.15) is 4.98 Å². The maximum atomic E-state index is 13.4. The Hall–Kier alpha value is -3.11. The molecule has 0 bridgehead atoms. The first kappa shape index (κ1) is 19.2. The molecule has 4 rings (SSSR count). The Labute approximate surface area is 168 Å². The number of nitrogens with one attached hydrogen (secondary N) is 1. The maximum absolute atomic E-state index is 13.4. The fraction of sp³-hybridized carbons (Fsp3) is 0.0526. The first-order chi connectivity index (χ1) is 13.9. The Kier molecular flexibility index (Phi) is 5.12. The summed E-state index contributed by atoms with van der Waals surface area (Å²) in [6.45, 7) is 0. The minimum Gasteiger partial charge on any atom is -0.339 e. The number of nitrogens with zero attached hydrogens (tertiary/aromatic N) is 2. The van der Waals surface area contributed by atoms with Crippen LogP contribution in [0.4, 0.5) is 14.5 Å². The molecule has 6 nitrogen and oxygen atoms in total. The van der Waals surface area contributed by atoms with Gasteiger partial charge in [0.15, 0.2) is 0 Å². The van der Waals surface area contributed by atoms with E-state index in [-0.39, 0.29) is 12.1 Å². The summed E-state index contributed by atoms with van der Waals surface area (Å²) in [5, 5.41) is 5.82. The standard InChI is InChI=1S/C19H13F2N3O3S2/c20-13-9-14(21)11-15(10-13)29(25,26)24-16-5-2-1-4-12(16)8-18-22-19(23-27-18)17-6-3-7-28-17/h1-7,9-11,24H,8H2. The molecule has 0 spiro atoms. The molecule has 10 heteroatoms. The Bertz CT molecular complexity index is 1240. The highest BCUT2D eigenvalue weighted by Gasteiger charge is 2.19. The van der Waals surface area contributed by atoms with E-state index in [1.807, 2.05) is 17.5 Å². The molecule has 0 aliphatic rings. The summed E-state index contributed by atoms with van der Waals surface area (Å²) in [5.74, 6) is -1.21. The number of rotatable bonds is 6. The van der Waals surface area contributed by atoms with Crippen molar-refractivity contribution in [1.29, 1.82) is 0 Å². The molecule has 0 atom stereocenters. The van der Waals surface area contributed by atoms with E-state index in [4.69, 9.17) is 4.52 Å². The van der Waals surface area contributed by atoms with Gasteiger partial charge >= 0.3 is 0 Å². The van der Waals surface area contributed by atoms with E-state index < -0.39 is 26.6 Å². The van der Waals surface area contributed by atoms with Crippen LogP contribution < -0.4 is 4.72 Å². The Morgan fingerprint density at radius 1 is 1.03 bits per heavy atom. The SMILES string of the molecule is O=S(=O)(Nc1ccccc1Cc1nc(-c2cccs2)no1)c1cc(F)cc(F)c1. The lowest BCUT2D eigenvalue weighted by Gasteiger charge is -2.12. The zero-order valence-electron chi connectivity index (χ0n) is 14.7. The summed E-state index contributed by atoms with van der Waals surface area (Å²) in [7, 11) is -4.20. The molecule has 1 N–H and O–H groups in total. The molecule has 2 heterocycles. The summed E-state index contributed by atoms with van der Waals surface area (Å²) in [6.07, 6.45) is 0.175. The van der Waals surface area contributed by atoms with Crippen LogP contribution in [0.5, 0.6) is 0 Å². The number of anilines is 1. The van der Waals surface area contributed by atoms with Crippen LogP contribution in [-0.2, 0) is 16.4 Å². The zero-order chi connectivity index (χ0) is 20.4. The average Bonchev–Trinajstić information content (AvgIpc) is 3.34. The number of halogens is 2. The highest BCUT2D eigenvalue weighted by Crippen LogP contribution is 2.25. The van der Waals surface area contributed by atoms with E-state index in [0.717, 1.165) is 17.0 Å². The third-order valence-corrected chi connectivity index (χ3v) is 6.17. The van der Waals surface area contributed by atoms with Crippen molar-refractivity contribution in [3.8, 4) is 10.7 Å². The van der Waals surface area contributed by atoms with E-state index in [1.165, 1.54) is 11.3 Å². The lowest BCUT2D eigenvalue weighted by Crippen LogP contribution is -2.15. The minimum absolute atomic E-state index is 0.175.